The van der Waals surface area contributed by atoms with Crippen LogP contribution in [0.3, 0.4) is 0 Å². The van der Waals surface area contributed by atoms with Crippen molar-refractivity contribution in [1.29, 1.82) is 0 Å². The summed E-state index contributed by atoms with van der Waals surface area (Å²) in [5.41, 5.74) is 4.26. The van der Waals surface area contributed by atoms with Crippen LogP contribution in [-0.4, -0.2) is 52.8 Å². The summed E-state index contributed by atoms with van der Waals surface area (Å²) < 4.78 is 0. The lowest BCUT2D eigenvalue weighted by Gasteiger charge is -2.36. The van der Waals surface area contributed by atoms with E-state index < -0.39 is 0 Å². The van der Waals surface area contributed by atoms with E-state index in [0.29, 0.717) is 36.8 Å². The number of nitrogens with one attached hydrogen (secondary N) is 1. The van der Waals surface area contributed by atoms with Gasteiger partial charge < -0.3 is 14.8 Å². The third-order valence-electron chi connectivity index (χ3n) is 6.61. The minimum atomic E-state index is -0.136. The molecule has 2 aromatic carbocycles. The zero-order valence-corrected chi connectivity index (χ0v) is 18.6. The molecule has 1 fully saturated rings. The molecule has 1 saturated heterocycles. The van der Waals surface area contributed by atoms with E-state index in [2.05, 4.69) is 35.5 Å². The van der Waals surface area contributed by atoms with Gasteiger partial charge in [-0.1, -0.05) is 35.9 Å². The van der Waals surface area contributed by atoms with Crippen LogP contribution in [0.2, 0.25) is 5.02 Å². The fourth-order valence-corrected chi connectivity index (χ4v) is 4.97. The Labute approximate surface area is 192 Å². The highest BCUT2D eigenvalue weighted by molar-refractivity contribution is 6.30. The smallest absolute Gasteiger partial charge is 0.253 e. The summed E-state index contributed by atoms with van der Waals surface area (Å²) in [7, 11) is 0. The van der Waals surface area contributed by atoms with Crippen LogP contribution >= 0.6 is 11.6 Å². The van der Waals surface area contributed by atoms with Gasteiger partial charge in [0, 0.05) is 59.4 Å². The second kappa shape index (κ2) is 8.83. The number of nitrogens with zero attached hydrogens (tertiary/aromatic N) is 2. The maximum Gasteiger partial charge on any atom is 0.253 e. The summed E-state index contributed by atoms with van der Waals surface area (Å²) in [4.78, 5) is 33.2. The lowest BCUT2D eigenvalue weighted by molar-refractivity contribution is -0.136. The van der Waals surface area contributed by atoms with Gasteiger partial charge in [0.2, 0.25) is 5.91 Å². The molecule has 1 N–H and O–H groups in total. The Bertz CT molecular complexity index is 1180. The lowest BCUT2D eigenvalue weighted by Crippen LogP contribution is -2.47. The van der Waals surface area contributed by atoms with E-state index in [1.54, 1.807) is 24.3 Å². The van der Waals surface area contributed by atoms with Crippen LogP contribution in [0, 0.1) is 5.92 Å². The molecule has 0 spiro atoms. The normalized spacial score (nSPS) is 19.2. The highest BCUT2D eigenvalue weighted by Gasteiger charge is 2.32. The molecule has 32 heavy (non-hydrogen) atoms. The minimum absolute atomic E-state index is 0.0284. The predicted molar refractivity (Wildman–Crippen MR) is 128 cm³/mol. The molecule has 0 saturated carbocycles. The molecule has 3 aromatic rings. The Morgan fingerprint density at radius 2 is 1.81 bits per heavy atom. The van der Waals surface area contributed by atoms with Gasteiger partial charge >= 0.3 is 0 Å². The van der Waals surface area contributed by atoms with Gasteiger partial charge in [-0.3, -0.25) is 9.59 Å². The highest BCUT2D eigenvalue weighted by atomic mass is 35.5. The molecule has 0 radical (unpaired) electrons. The Morgan fingerprint density at radius 1 is 1.00 bits per heavy atom. The fraction of sp³-hybridized carbons (Fsp3) is 0.308. The number of H-pyrrole nitrogens is 1. The Kier molecular flexibility index (Phi) is 5.75. The Morgan fingerprint density at radius 3 is 2.59 bits per heavy atom. The van der Waals surface area contributed by atoms with Gasteiger partial charge in [0.1, 0.15) is 0 Å². The van der Waals surface area contributed by atoms with Gasteiger partial charge in [0.05, 0.1) is 5.92 Å². The van der Waals surface area contributed by atoms with Crippen LogP contribution in [0.5, 0.6) is 0 Å². The number of aromatic amines is 1. The molecule has 0 aliphatic carbocycles. The van der Waals surface area contributed by atoms with Crippen molar-refractivity contribution in [3.8, 4) is 0 Å². The van der Waals surface area contributed by atoms with E-state index in [1.807, 2.05) is 15.9 Å². The summed E-state index contributed by atoms with van der Waals surface area (Å²) >= 11 is 5.94. The fourth-order valence-electron chi connectivity index (χ4n) is 4.85. The first-order valence-electron chi connectivity index (χ1n) is 11.2. The van der Waals surface area contributed by atoms with Gasteiger partial charge in [-0.05, 0) is 55.2 Å². The molecule has 2 aliphatic heterocycles. The Hall–Kier alpha value is -3.05. The number of halogens is 1. The number of benzene rings is 2. The second-order valence-electron chi connectivity index (χ2n) is 8.61. The first-order chi connectivity index (χ1) is 15.6. The molecule has 1 atom stereocenters. The predicted octanol–water partition coefficient (Wildman–Crippen LogP) is 4.99. The zero-order valence-electron chi connectivity index (χ0n) is 17.9. The molecule has 5 nitrogen and oxygen atoms in total. The Balaban J connectivity index is 1.24. The molecule has 1 aromatic heterocycles. The number of hydrogen-bond acceptors (Lipinski definition) is 2. The largest absolute Gasteiger partial charge is 0.361 e. The van der Waals surface area contributed by atoms with E-state index in [-0.39, 0.29) is 17.7 Å². The van der Waals surface area contributed by atoms with Crippen molar-refractivity contribution in [3.05, 3.63) is 77.0 Å². The SMILES string of the molecule is O=C(c1ccc(Cl)cc1)N1CCC[C@@H](C(=O)N2CC=C(c3c[nH]c4ccccc34)CC2)C1. The van der Waals surface area contributed by atoms with E-state index in [9.17, 15) is 9.59 Å². The number of hydrogen-bond donors (Lipinski definition) is 1. The molecular weight excluding hydrogens is 422 g/mol. The van der Waals surface area contributed by atoms with Crippen molar-refractivity contribution in [2.45, 2.75) is 19.3 Å². The molecule has 6 heteroatoms. The number of piperidine rings is 1. The van der Waals surface area contributed by atoms with Crippen molar-refractivity contribution in [3.63, 3.8) is 0 Å². The highest BCUT2D eigenvalue weighted by Crippen LogP contribution is 2.30. The van der Waals surface area contributed by atoms with Gasteiger partial charge in [-0.15, -0.1) is 0 Å². The van der Waals surface area contributed by atoms with Crippen LogP contribution < -0.4 is 0 Å². The van der Waals surface area contributed by atoms with Crippen LogP contribution in [0.4, 0.5) is 0 Å². The van der Waals surface area contributed by atoms with Gasteiger partial charge in [0.25, 0.3) is 5.91 Å². The number of carbonyl (C=O) groups excluding carboxylic acids is 2. The first-order valence-corrected chi connectivity index (χ1v) is 11.6. The van der Waals surface area contributed by atoms with E-state index in [1.165, 1.54) is 16.5 Å². The average molecular weight is 448 g/mol. The van der Waals surface area contributed by atoms with Crippen LogP contribution in [0.1, 0.15) is 35.2 Å². The van der Waals surface area contributed by atoms with E-state index in [0.717, 1.165) is 24.8 Å². The molecule has 0 unspecified atom stereocenters. The topological polar surface area (TPSA) is 56.4 Å². The first kappa shape index (κ1) is 20.8. The lowest BCUT2D eigenvalue weighted by atomic mass is 9.94. The molecule has 2 aliphatic rings. The van der Waals surface area contributed by atoms with Crippen LogP contribution in [0.15, 0.2) is 60.8 Å². The number of para-hydroxylation sites is 1. The molecule has 164 valence electrons. The number of rotatable bonds is 3. The second-order valence-corrected chi connectivity index (χ2v) is 9.05. The number of carbonyl (C=O) groups is 2. The van der Waals surface area contributed by atoms with Gasteiger partial charge in [-0.2, -0.15) is 0 Å². The molecule has 5 rings (SSSR count). The van der Waals surface area contributed by atoms with E-state index >= 15 is 0 Å². The minimum Gasteiger partial charge on any atom is -0.361 e. The monoisotopic (exact) mass is 447 g/mol. The maximum atomic E-state index is 13.2. The third kappa shape index (κ3) is 4.05. The summed E-state index contributed by atoms with van der Waals surface area (Å²) in [6.07, 6.45) is 6.76. The van der Waals surface area contributed by atoms with Gasteiger partial charge in [0.15, 0.2) is 0 Å². The maximum absolute atomic E-state index is 13.2. The van der Waals surface area contributed by atoms with Crippen molar-refractivity contribution in [1.82, 2.24) is 14.8 Å². The van der Waals surface area contributed by atoms with Crippen LogP contribution in [-0.2, 0) is 4.79 Å². The van der Waals surface area contributed by atoms with Crippen molar-refractivity contribution < 1.29 is 9.59 Å². The molecule has 0 bridgehead atoms. The molecular formula is C26H26ClN3O2. The molecule has 2 amide bonds. The number of likely N-dealkylation sites (tertiary alicyclic amines) is 1. The summed E-state index contributed by atoms with van der Waals surface area (Å²) in [5.74, 6) is -0.00444. The third-order valence-corrected chi connectivity index (χ3v) is 6.86. The van der Waals surface area contributed by atoms with Crippen molar-refractivity contribution in [2.75, 3.05) is 26.2 Å². The van der Waals surface area contributed by atoms with E-state index in [4.69, 9.17) is 11.6 Å². The zero-order chi connectivity index (χ0) is 22.1. The summed E-state index contributed by atoms with van der Waals surface area (Å²) in [6.45, 7) is 2.51. The standard InChI is InChI=1S/C26H26ClN3O2/c27-21-9-7-19(8-10-21)25(31)30-13-3-4-20(17-30)26(32)29-14-11-18(12-15-29)23-16-28-24-6-2-1-5-22(23)24/h1-2,5-11,16,20,28H,3-4,12-15,17H2/t20-/m1/s1. The summed E-state index contributed by atoms with van der Waals surface area (Å²) in [5, 5.41) is 1.83. The number of fused-ring (bicyclic) bond motifs is 1. The van der Waals surface area contributed by atoms with Gasteiger partial charge in [-0.25, -0.2) is 0 Å². The number of amides is 2. The molecule has 3 heterocycles. The summed E-state index contributed by atoms with van der Waals surface area (Å²) in [6, 6.07) is 15.3. The number of aromatic nitrogens is 1. The quantitative estimate of drug-likeness (QED) is 0.615. The van der Waals surface area contributed by atoms with Crippen molar-refractivity contribution >= 4 is 39.9 Å². The van der Waals surface area contributed by atoms with Crippen LogP contribution in [0.25, 0.3) is 16.5 Å². The van der Waals surface area contributed by atoms with Crippen molar-refractivity contribution in [2.24, 2.45) is 5.92 Å². The average Bonchev–Trinajstić information content (AvgIpc) is 3.28.